The van der Waals surface area contributed by atoms with Crippen molar-refractivity contribution in [2.45, 2.75) is 25.8 Å². The van der Waals surface area contributed by atoms with Gasteiger partial charge in [-0.3, -0.25) is 4.79 Å². The zero-order valence-electron chi connectivity index (χ0n) is 9.47. The minimum Gasteiger partial charge on any atom is -0.481 e. The molecular formula is C8H17N3O5S. The second-order valence-corrected chi connectivity index (χ2v) is 5.35. The van der Waals surface area contributed by atoms with Gasteiger partial charge < -0.3 is 15.7 Å². The van der Waals surface area contributed by atoms with Gasteiger partial charge in [0.2, 0.25) is 10.0 Å². The number of carbonyl (C=O) groups is 2. The van der Waals surface area contributed by atoms with Gasteiger partial charge in [-0.15, -0.1) is 0 Å². The third-order valence-electron chi connectivity index (χ3n) is 1.75. The van der Waals surface area contributed by atoms with E-state index in [1.165, 1.54) is 0 Å². The Morgan fingerprint density at radius 1 is 1.41 bits per heavy atom. The van der Waals surface area contributed by atoms with Crippen LogP contribution >= 0.6 is 0 Å². The number of amides is 2. The molecule has 0 aliphatic carbocycles. The number of primary sulfonamides is 1. The molecule has 0 spiro atoms. The van der Waals surface area contributed by atoms with Gasteiger partial charge in [0.15, 0.2) is 0 Å². The summed E-state index contributed by atoms with van der Waals surface area (Å²) in [6.07, 6.45) is 0.0319. The molecule has 2 amide bonds. The molecule has 0 aliphatic heterocycles. The van der Waals surface area contributed by atoms with Crippen molar-refractivity contribution in [1.29, 1.82) is 0 Å². The first-order chi connectivity index (χ1) is 7.70. The first-order valence-electron chi connectivity index (χ1n) is 4.97. The lowest BCUT2D eigenvalue weighted by Crippen LogP contribution is -2.42. The van der Waals surface area contributed by atoms with Gasteiger partial charge in [-0.25, -0.2) is 18.4 Å². The topological polar surface area (TPSA) is 139 Å². The Balaban J connectivity index is 3.70. The SMILES string of the molecule is CC(CC(=O)O)NC(=O)NCCCS(N)(=O)=O. The van der Waals surface area contributed by atoms with Crippen molar-refractivity contribution < 1.29 is 23.1 Å². The van der Waals surface area contributed by atoms with E-state index in [0.717, 1.165) is 0 Å². The highest BCUT2D eigenvalue weighted by Gasteiger charge is 2.10. The van der Waals surface area contributed by atoms with Crippen molar-refractivity contribution >= 4 is 22.0 Å². The van der Waals surface area contributed by atoms with Crippen molar-refractivity contribution in [2.24, 2.45) is 5.14 Å². The second-order valence-electron chi connectivity index (χ2n) is 3.62. The maximum absolute atomic E-state index is 11.2. The van der Waals surface area contributed by atoms with Gasteiger partial charge in [0, 0.05) is 12.6 Å². The molecule has 0 aromatic rings. The molecule has 9 heteroatoms. The fourth-order valence-electron chi connectivity index (χ4n) is 1.06. The molecule has 0 saturated carbocycles. The van der Waals surface area contributed by atoms with E-state index in [2.05, 4.69) is 10.6 Å². The van der Waals surface area contributed by atoms with Crippen LogP contribution in [0.25, 0.3) is 0 Å². The molecule has 5 N–H and O–H groups in total. The van der Waals surface area contributed by atoms with Gasteiger partial charge in [0.25, 0.3) is 0 Å². The maximum Gasteiger partial charge on any atom is 0.315 e. The van der Waals surface area contributed by atoms with Crippen LogP contribution in [0.2, 0.25) is 0 Å². The number of carboxylic acids is 1. The van der Waals surface area contributed by atoms with E-state index in [4.69, 9.17) is 10.2 Å². The number of hydrogen-bond donors (Lipinski definition) is 4. The highest BCUT2D eigenvalue weighted by atomic mass is 32.2. The predicted octanol–water partition coefficient (Wildman–Crippen LogP) is -1.17. The standard InChI is InChI=1S/C8H17N3O5S/c1-6(5-7(12)13)11-8(14)10-3-2-4-17(9,15)16/h6H,2-5H2,1H3,(H,12,13)(H2,9,15,16)(H2,10,11,14). The van der Waals surface area contributed by atoms with E-state index in [0.29, 0.717) is 0 Å². The molecular weight excluding hydrogens is 250 g/mol. The molecule has 0 fully saturated rings. The third-order valence-corrected chi connectivity index (χ3v) is 2.61. The number of hydrogen-bond acceptors (Lipinski definition) is 4. The summed E-state index contributed by atoms with van der Waals surface area (Å²) in [6.45, 7) is 1.71. The number of aliphatic carboxylic acids is 1. The van der Waals surface area contributed by atoms with Crippen molar-refractivity contribution in [1.82, 2.24) is 10.6 Å². The quantitative estimate of drug-likeness (QED) is 0.430. The van der Waals surface area contributed by atoms with Crippen LogP contribution in [-0.2, 0) is 14.8 Å². The molecule has 100 valence electrons. The van der Waals surface area contributed by atoms with E-state index in [1.807, 2.05) is 0 Å². The molecule has 1 unspecified atom stereocenters. The molecule has 0 aromatic carbocycles. The van der Waals surface area contributed by atoms with Crippen molar-refractivity contribution in [2.75, 3.05) is 12.3 Å². The summed E-state index contributed by atoms with van der Waals surface area (Å²) < 4.78 is 21.1. The number of sulfonamides is 1. The first-order valence-corrected chi connectivity index (χ1v) is 6.69. The molecule has 0 heterocycles. The molecule has 0 rings (SSSR count). The summed E-state index contributed by atoms with van der Waals surface area (Å²) in [5.41, 5.74) is 0. The Labute approximate surface area is 99.6 Å². The lowest BCUT2D eigenvalue weighted by Gasteiger charge is -2.12. The van der Waals surface area contributed by atoms with Gasteiger partial charge in [0.1, 0.15) is 0 Å². The average Bonchev–Trinajstić information content (AvgIpc) is 2.09. The Hall–Kier alpha value is -1.35. The van der Waals surface area contributed by atoms with Crippen molar-refractivity contribution in [3.63, 3.8) is 0 Å². The van der Waals surface area contributed by atoms with Crippen LogP contribution in [0, 0.1) is 0 Å². The van der Waals surface area contributed by atoms with Gasteiger partial charge in [-0.05, 0) is 13.3 Å². The summed E-state index contributed by atoms with van der Waals surface area (Å²) in [6, 6.07) is -1.03. The van der Waals surface area contributed by atoms with Crippen LogP contribution in [0.4, 0.5) is 4.79 Å². The van der Waals surface area contributed by atoms with Crippen molar-refractivity contribution in [3.8, 4) is 0 Å². The molecule has 0 saturated heterocycles. The van der Waals surface area contributed by atoms with E-state index in [-0.39, 0.29) is 25.1 Å². The fourth-order valence-corrected chi connectivity index (χ4v) is 1.61. The number of urea groups is 1. The molecule has 0 bridgehead atoms. The van der Waals surface area contributed by atoms with E-state index >= 15 is 0 Å². The largest absolute Gasteiger partial charge is 0.481 e. The number of carboxylic acid groups (broad SMARTS) is 1. The molecule has 0 aromatic heterocycles. The Morgan fingerprint density at radius 2 is 2.00 bits per heavy atom. The smallest absolute Gasteiger partial charge is 0.315 e. The lowest BCUT2D eigenvalue weighted by molar-refractivity contribution is -0.137. The number of rotatable bonds is 7. The Bertz CT molecular complexity index is 367. The first kappa shape index (κ1) is 15.7. The zero-order chi connectivity index (χ0) is 13.5. The number of nitrogens with two attached hydrogens (primary N) is 1. The molecule has 0 radical (unpaired) electrons. The highest BCUT2D eigenvalue weighted by molar-refractivity contribution is 7.89. The van der Waals surface area contributed by atoms with E-state index < -0.39 is 28.1 Å². The third kappa shape index (κ3) is 10.9. The minimum atomic E-state index is -3.51. The summed E-state index contributed by atoms with van der Waals surface area (Å²) >= 11 is 0. The zero-order valence-corrected chi connectivity index (χ0v) is 10.3. The predicted molar refractivity (Wildman–Crippen MR) is 60.8 cm³/mol. The second kappa shape index (κ2) is 7.07. The van der Waals surface area contributed by atoms with Crippen molar-refractivity contribution in [3.05, 3.63) is 0 Å². The maximum atomic E-state index is 11.2. The summed E-state index contributed by atoms with van der Waals surface area (Å²) in [7, 11) is -3.51. The van der Waals surface area contributed by atoms with Gasteiger partial charge in [-0.1, -0.05) is 0 Å². The monoisotopic (exact) mass is 267 g/mol. The van der Waals surface area contributed by atoms with Crippen LogP contribution in [0.3, 0.4) is 0 Å². The van der Waals surface area contributed by atoms with E-state index in [9.17, 15) is 18.0 Å². The molecule has 0 aliphatic rings. The number of nitrogens with one attached hydrogen (secondary N) is 2. The van der Waals surface area contributed by atoms with Gasteiger partial charge in [0.05, 0.1) is 12.2 Å². The average molecular weight is 267 g/mol. The number of carbonyl (C=O) groups excluding carboxylic acids is 1. The summed E-state index contributed by atoms with van der Waals surface area (Å²) in [5, 5.41) is 18.0. The summed E-state index contributed by atoms with van der Waals surface area (Å²) in [5.74, 6) is -1.22. The van der Waals surface area contributed by atoms with E-state index in [1.54, 1.807) is 6.92 Å². The molecule has 17 heavy (non-hydrogen) atoms. The van der Waals surface area contributed by atoms with Crippen LogP contribution in [-0.4, -0.2) is 43.9 Å². The highest BCUT2D eigenvalue weighted by Crippen LogP contribution is 1.90. The van der Waals surface area contributed by atoms with Crippen LogP contribution in [0.5, 0.6) is 0 Å². The minimum absolute atomic E-state index is 0.155. The molecule has 1 atom stereocenters. The lowest BCUT2D eigenvalue weighted by atomic mass is 10.2. The molecule has 8 nitrogen and oxygen atoms in total. The van der Waals surface area contributed by atoms with Gasteiger partial charge in [-0.2, -0.15) is 0 Å². The van der Waals surface area contributed by atoms with Crippen LogP contribution < -0.4 is 15.8 Å². The normalized spacial score (nSPS) is 12.8. The van der Waals surface area contributed by atoms with Crippen LogP contribution in [0.1, 0.15) is 19.8 Å². The Morgan fingerprint density at radius 3 is 2.47 bits per heavy atom. The van der Waals surface area contributed by atoms with Crippen LogP contribution in [0.15, 0.2) is 0 Å². The Kier molecular flexibility index (Phi) is 6.51. The van der Waals surface area contributed by atoms with Gasteiger partial charge >= 0.3 is 12.0 Å². The fraction of sp³-hybridized carbons (Fsp3) is 0.750. The summed E-state index contributed by atoms with van der Waals surface area (Å²) in [4.78, 5) is 21.5.